The number of rotatable bonds is 6. The number of aromatic nitrogens is 2. The van der Waals surface area contributed by atoms with Crippen LogP contribution in [0.5, 0.6) is 0 Å². The number of halogens is 1. The summed E-state index contributed by atoms with van der Waals surface area (Å²) in [6, 6.07) is 0.292. The Labute approximate surface area is 123 Å². The van der Waals surface area contributed by atoms with Gasteiger partial charge in [0.2, 0.25) is 0 Å². The first kappa shape index (κ1) is 16.2. The maximum atomic E-state index is 11.8. The molecule has 0 saturated heterocycles. The van der Waals surface area contributed by atoms with Crippen molar-refractivity contribution in [1.29, 1.82) is 0 Å². The fraction of sp³-hybridized carbons (Fsp3) is 0.692. The van der Waals surface area contributed by atoms with Gasteiger partial charge in [-0.05, 0) is 42.4 Å². The van der Waals surface area contributed by atoms with Crippen LogP contribution in [0.2, 0.25) is 0 Å². The molecule has 0 saturated carbocycles. The molecule has 0 amide bonds. The average Bonchev–Trinajstić information content (AvgIpc) is 2.28. The molecule has 0 spiro atoms. The molecule has 1 aromatic heterocycles. The van der Waals surface area contributed by atoms with E-state index in [9.17, 15) is 4.79 Å². The van der Waals surface area contributed by atoms with Crippen molar-refractivity contribution in [1.82, 2.24) is 14.7 Å². The zero-order valence-electron chi connectivity index (χ0n) is 12.3. The van der Waals surface area contributed by atoms with E-state index in [4.69, 9.17) is 0 Å². The molecule has 1 N–H and O–H groups in total. The summed E-state index contributed by atoms with van der Waals surface area (Å²) < 4.78 is 1.86. The standard InChI is InChI=1S/C13H23BrN4O/c1-9(2)6-10(8-17(3)4)16-11-7-15-18(5)13(19)12(11)14/h7,9-10,16H,6,8H2,1-5H3. The topological polar surface area (TPSA) is 50.2 Å². The molecule has 1 unspecified atom stereocenters. The molecule has 108 valence electrons. The lowest BCUT2D eigenvalue weighted by Gasteiger charge is -2.25. The molecule has 1 aromatic rings. The first-order valence-electron chi connectivity index (χ1n) is 6.44. The van der Waals surface area contributed by atoms with Gasteiger partial charge in [0.1, 0.15) is 4.47 Å². The number of nitrogens with zero attached hydrogens (tertiary/aromatic N) is 3. The highest BCUT2D eigenvalue weighted by molar-refractivity contribution is 9.10. The lowest BCUT2D eigenvalue weighted by Crippen LogP contribution is -2.34. The summed E-state index contributed by atoms with van der Waals surface area (Å²) in [6.07, 6.45) is 2.73. The predicted octanol–water partition coefficient (Wildman–Crippen LogP) is 1.93. The van der Waals surface area contributed by atoms with Gasteiger partial charge in [-0.15, -0.1) is 0 Å². The van der Waals surface area contributed by atoms with E-state index in [1.807, 2.05) is 14.1 Å². The normalized spacial score (nSPS) is 13.1. The highest BCUT2D eigenvalue weighted by Gasteiger charge is 2.15. The van der Waals surface area contributed by atoms with E-state index in [1.54, 1.807) is 13.2 Å². The van der Waals surface area contributed by atoms with E-state index in [0.29, 0.717) is 16.4 Å². The van der Waals surface area contributed by atoms with Crippen LogP contribution >= 0.6 is 15.9 Å². The minimum absolute atomic E-state index is 0.127. The Morgan fingerprint density at radius 3 is 2.63 bits per heavy atom. The molecule has 0 bridgehead atoms. The average molecular weight is 331 g/mol. The summed E-state index contributed by atoms with van der Waals surface area (Å²) in [7, 11) is 5.74. The van der Waals surface area contributed by atoms with Crippen molar-refractivity contribution >= 4 is 21.6 Å². The Balaban J connectivity index is 2.90. The predicted molar refractivity (Wildman–Crippen MR) is 82.6 cm³/mol. The number of anilines is 1. The summed E-state index contributed by atoms with van der Waals surface area (Å²) in [6.45, 7) is 5.31. The van der Waals surface area contributed by atoms with Gasteiger partial charge in [-0.2, -0.15) is 5.10 Å². The van der Waals surface area contributed by atoms with E-state index >= 15 is 0 Å². The number of hydrogen-bond acceptors (Lipinski definition) is 4. The van der Waals surface area contributed by atoms with Crippen molar-refractivity contribution in [3.63, 3.8) is 0 Å². The summed E-state index contributed by atoms with van der Waals surface area (Å²) in [5.74, 6) is 0.593. The molecule has 0 aliphatic carbocycles. The van der Waals surface area contributed by atoms with Crippen molar-refractivity contribution in [3.8, 4) is 0 Å². The van der Waals surface area contributed by atoms with Crippen LogP contribution in [0.15, 0.2) is 15.5 Å². The van der Waals surface area contributed by atoms with Crippen LogP contribution in [-0.4, -0.2) is 41.4 Å². The number of hydrogen-bond donors (Lipinski definition) is 1. The number of aryl methyl sites for hydroxylation is 1. The maximum absolute atomic E-state index is 11.8. The van der Waals surface area contributed by atoms with Gasteiger partial charge in [-0.25, -0.2) is 4.68 Å². The van der Waals surface area contributed by atoms with Crippen molar-refractivity contribution in [3.05, 3.63) is 21.0 Å². The molecule has 6 heteroatoms. The van der Waals surface area contributed by atoms with Gasteiger partial charge in [-0.3, -0.25) is 4.79 Å². The molecule has 0 fully saturated rings. The second-order valence-corrected chi connectivity index (χ2v) is 6.33. The first-order valence-corrected chi connectivity index (χ1v) is 7.23. The van der Waals surface area contributed by atoms with Crippen LogP contribution in [-0.2, 0) is 7.05 Å². The maximum Gasteiger partial charge on any atom is 0.282 e. The molecule has 0 aromatic carbocycles. The Kier molecular flexibility index (Phi) is 6.00. The summed E-state index contributed by atoms with van der Waals surface area (Å²) >= 11 is 3.34. The minimum atomic E-state index is -0.127. The van der Waals surface area contributed by atoms with Gasteiger partial charge in [0, 0.05) is 19.6 Å². The Bertz CT molecular complexity index is 460. The largest absolute Gasteiger partial charge is 0.379 e. The summed E-state index contributed by atoms with van der Waals surface area (Å²) in [5.41, 5.74) is 0.633. The van der Waals surface area contributed by atoms with Gasteiger partial charge in [0.25, 0.3) is 5.56 Å². The summed E-state index contributed by atoms with van der Waals surface area (Å²) in [4.78, 5) is 14.0. The molecule has 0 aliphatic rings. The van der Waals surface area contributed by atoms with E-state index in [2.05, 4.69) is 45.1 Å². The van der Waals surface area contributed by atoms with Crippen LogP contribution in [0.4, 0.5) is 5.69 Å². The van der Waals surface area contributed by atoms with E-state index < -0.39 is 0 Å². The van der Waals surface area contributed by atoms with Gasteiger partial charge in [-0.1, -0.05) is 13.8 Å². The van der Waals surface area contributed by atoms with Crippen LogP contribution < -0.4 is 10.9 Å². The zero-order chi connectivity index (χ0) is 14.6. The van der Waals surface area contributed by atoms with Crippen LogP contribution in [0, 0.1) is 5.92 Å². The lowest BCUT2D eigenvalue weighted by atomic mass is 10.0. The Hall–Kier alpha value is -0.880. The molecule has 0 radical (unpaired) electrons. The highest BCUT2D eigenvalue weighted by Crippen LogP contribution is 2.19. The number of likely N-dealkylation sites (N-methyl/N-ethyl adjacent to an activating group) is 1. The third-order valence-electron chi connectivity index (χ3n) is 2.78. The van der Waals surface area contributed by atoms with Gasteiger partial charge in [0.05, 0.1) is 11.9 Å². The number of nitrogens with one attached hydrogen (secondary N) is 1. The molecule has 1 heterocycles. The van der Waals surface area contributed by atoms with Crippen LogP contribution in [0.1, 0.15) is 20.3 Å². The fourth-order valence-electron chi connectivity index (χ4n) is 2.02. The monoisotopic (exact) mass is 330 g/mol. The van der Waals surface area contributed by atoms with Crippen molar-refractivity contribution in [2.75, 3.05) is 26.0 Å². The molecule has 1 rings (SSSR count). The Morgan fingerprint density at radius 1 is 1.47 bits per heavy atom. The van der Waals surface area contributed by atoms with E-state index in [0.717, 1.165) is 18.7 Å². The molecular weight excluding hydrogens is 308 g/mol. The highest BCUT2D eigenvalue weighted by atomic mass is 79.9. The third kappa shape index (κ3) is 4.95. The second kappa shape index (κ2) is 7.05. The molecule has 19 heavy (non-hydrogen) atoms. The van der Waals surface area contributed by atoms with E-state index in [-0.39, 0.29) is 5.56 Å². The van der Waals surface area contributed by atoms with Gasteiger partial charge < -0.3 is 10.2 Å². The van der Waals surface area contributed by atoms with Crippen molar-refractivity contribution < 1.29 is 0 Å². The molecule has 1 atom stereocenters. The lowest BCUT2D eigenvalue weighted by molar-refractivity contribution is 0.356. The second-order valence-electron chi connectivity index (χ2n) is 5.53. The smallest absolute Gasteiger partial charge is 0.282 e. The van der Waals surface area contributed by atoms with Crippen molar-refractivity contribution in [2.24, 2.45) is 13.0 Å². The molecule has 0 aliphatic heterocycles. The zero-order valence-corrected chi connectivity index (χ0v) is 13.9. The minimum Gasteiger partial charge on any atom is -0.379 e. The first-order chi connectivity index (χ1) is 8.81. The Morgan fingerprint density at radius 2 is 2.11 bits per heavy atom. The molecular formula is C13H23BrN4O. The van der Waals surface area contributed by atoms with Crippen molar-refractivity contribution in [2.45, 2.75) is 26.3 Å². The van der Waals surface area contributed by atoms with Gasteiger partial charge >= 0.3 is 0 Å². The molecule has 5 nitrogen and oxygen atoms in total. The third-order valence-corrected chi connectivity index (χ3v) is 3.55. The quantitative estimate of drug-likeness (QED) is 0.865. The van der Waals surface area contributed by atoms with E-state index in [1.165, 1.54) is 4.68 Å². The van der Waals surface area contributed by atoms with Crippen LogP contribution in [0.25, 0.3) is 0 Å². The SMILES string of the molecule is CC(C)CC(CN(C)C)Nc1cnn(C)c(=O)c1Br. The fourth-order valence-corrected chi connectivity index (χ4v) is 2.49. The van der Waals surface area contributed by atoms with Gasteiger partial charge in [0.15, 0.2) is 0 Å². The summed E-state index contributed by atoms with van der Waals surface area (Å²) in [5, 5.41) is 7.46. The van der Waals surface area contributed by atoms with Crippen LogP contribution in [0.3, 0.4) is 0 Å².